The molecule has 0 aromatic carbocycles. The van der Waals surface area contributed by atoms with Crippen LogP contribution in [0.4, 0.5) is 4.79 Å². The predicted octanol–water partition coefficient (Wildman–Crippen LogP) is 1.22. The molecule has 47 heavy (non-hydrogen) atoms. The lowest BCUT2D eigenvalue weighted by atomic mass is 9.80. The number of Topliss-reactive ketones (excluding diaryl/α,β-unsaturated/α-hetero) is 1. The lowest BCUT2D eigenvalue weighted by Gasteiger charge is -2.38. The first kappa shape index (κ1) is 35.6. The Morgan fingerprint density at radius 2 is 1.60 bits per heavy atom. The van der Waals surface area contributed by atoms with Crippen molar-refractivity contribution < 1.29 is 32.4 Å². The first-order valence-electron chi connectivity index (χ1n) is 17.0. The highest BCUT2D eigenvalue weighted by atomic mass is 32.2. The van der Waals surface area contributed by atoms with Gasteiger partial charge in [-0.25, -0.2) is 17.5 Å². The van der Waals surface area contributed by atoms with Gasteiger partial charge in [0.25, 0.3) is 5.91 Å². The number of ketones is 1. The van der Waals surface area contributed by atoms with E-state index >= 15 is 0 Å². The first-order chi connectivity index (χ1) is 21.6. The van der Waals surface area contributed by atoms with Crippen LogP contribution in [0.3, 0.4) is 0 Å². The third-order valence-electron chi connectivity index (χ3n) is 12.0. The van der Waals surface area contributed by atoms with E-state index in [1.54, 1.807) is 4.90 Å². The standard InChI is InChI=1S/C33H54N6O7S/c1-31(2,3)23(16-38(7)47(8,45)46)36-30(44)37-26(32(4,5)6)29(43)39-15-21-18(13-19-20-14-33(19,20)21)24(39)28(42)35-22(25(40)27(34)41)12-17-10-9-11-17/h17-24,26H,9-16H2,1-8H3,(H2,34,41)(H,35,42)(H2,36,37,44)/t18-,19?,20?,21-,22?,23+,24-,26+,33?/m0/s1. The van der Waals surface area contributed by atoms with Crippen LogP contribution in [0.15, 0.2) is 0 Å². The fourth-order valence-electron chi connectivity index (χ4n) is 8.60. The molecule has 0 aromatic heterocycles. The minimum Gasteiger partial charge on any atom is -0.363 e. The van der Waals surface area contributed by atoms with Gasteiger partial charge in [-0.2, -0.15) is 0 Å². The van der Waals surface area contributed by atoms with E-state index in [0.29, 0.717) is 24.8 Å². The van der Waals surface area contributed by atoms with Gasteiger partial charge < -0.3 is 26.6 Å². The summed E-state index contributed by atoms with van der Waals surface area (Å²) < 4.78 is 25.4. The van der Waals surface area contributed by atoms with Crippen molar-refractivity contribution in [2.75, 3.05) is 26.4 Å². The molecule has 5 aliphatic rings. The molecule has 1 aliphatic heterocycles. The highest BCUT2D eigenvalue weighted by Gasteiger charge is 2.87. The smallest absolute Gasteiger partial charge is 0.315 e. The molecule has 5 rings (SSSR count). The van der Waals surface area contributed by atoms with Gasteiger partial charge in [0, 0.05) is 26.2 Å². The molecule has 1 heterocycles. The topological polar surface area (TPSA) is 188 Å². The Morgan fingerprint density at radius 3 is 2.09 bits per heavy atom. The van der Waals surface area contributed by atoms with Crippen LogP contribution in [0.5, 0.6) is 0 Å². The number of nitrogens with one attached hydrogen (secondary N) is 3. The summed E-state index contributed by atoms with van der Waals surface area (Å²) in [6.07, 6.45) is 6.27. The highest BCUT2D eigenvalue weighted by Crippen LogP contribution is 2.90. The van der Waals surface area contributed by atoms with Crippen molar-refractivity contribution in [1.29, 1.82) is 0 Å². The number of likely N-dealkylation sites (N-methyl/N-ethyl adjacent to an activating group) is 1. The number of fused-ring (bicyclic) bond motifs is 2. The molecule has 5 fully saturated rings. The van der Waals surface area contributed by atoms with E-state index in [1.165, 1.54) is 11.4 Å². The molecule has 1 saturated heterocycles. The molecular weight excluding hydrogens is 624 g/mol. The minimum absolute atomic E-state index is 0.0398. The van der Waals surface area contributed by atoms with Gasteiger partial charge in [-0.1, -0.05) is 60.8 Å². The molecule has 13 nitrogen and oxygen atoms in total. The van der Waals surface area contributed by atoms with Crippen LogP contribution in [0.1, 0.15) is 80.1 Å². The summed E-state index contributed by atoms with van der Waals surface area (Å²) >= 11 is 0. The Morgan fingerprint density at radius 1 is 0.957 bits per heavy atom. The molecule has 5 N–H and O–H groups in total. The van der Waals surface area contributed by atoms with E-state index in [4.69, 9.17) is 5.73 Å². The van der Waals surface area contributed by atoms with Gasteiger partial charge in [-0.3, -0.25) is 19.2 Å². The Kier molecular flexibility index (Phi) is 9.08. The van der Waals surface area contributed by atoms with E-state index in [1.807, 2.05) is 41.5 Å². The SMILES string of the molecule is CN(C[C@@H](NC(=O)N[C@H](C(=O)N1C[C@H]2[C@H](CC3C4CC342)[C@H]1C(=O)NC(CC1CCC1)C(=O)C(N)=O)C(C)(C)C)C(C)(C)C)S(C)(=O)=O. The van der Waals surface area contributed by atoms with Gasteiger partial charge in [0.2, 0.25) is 27.6 Å². The third kappa shape index (κ3) is 6.78. The molecule has 9 atom stereocenters. The molecule has 5 amide bonds. The number of likely N-dealkylation sites (tertiary alicyclic amines) is 1. The number of amides is 5. The lowest BCUT2D eigenvalue weighted by Crippen LogP contribution is -2.62. The summed E-state index contributed by atoms with van der Waals surface area (Å²) in [4.78, 5) is 68.5. The monoisotopic (exact) mass is 678 g/mol. The van der Waals surface area contributed by atoms with Crippen molar-refractivity contribution in [1.82, 2.24) is 25.2 Å². The summed E-state index contributed by atoms with van der Waals surface area (Å²) in [7, 11) is -2.05. The summed E-state index contributed by atoms with van der Waals surface area (Å²) in [5.41, 5.74) is 4.31. The first-order valence-corrected chi connectivity index (χ1v) is 18.8. The second-order valence-electron chi connectivity index (χ2n) is 17.2. The molecule has 4 unspecified atom stereocenters. The second-order valence-corrected chi connectivity index (χ2v) is 19.3. The average molecular weight is 679 g/mol. The van der Waals surface area contributed by atoms with Gasteiger partial charge in [-0.05, 0) is 65.1 Å². The number of nitrogens with zero attached hydrogens (tertiary/aromatic N) is 2. The third-order valence-corrected chi connectivity index (χ3v) is 13.3. The summed E-state index contributed by atoms with van der Waals surface area (Å²) in [6, 6.07) is -4.07. The van der Waals surface area contributed by atoms with Crippen LogP contribution in [-0.2, 0) is 29.2 Å². The van der Waals surface area contributed by atoms with Crippen molar-refractivity contribution in [2.45, 2.75) is 104 Å². The van der Waals surface area contributed by atoms with E-state index < -0.39 is 68.6 Å². The van der Waals surface area contributed by atoms with Crippen LogP contribution in [0.2, 0.25) is 0 Å². The van der Waals surface area contributed by atoms with Crippen LogP contribution in [0.25, 0.3) is 0 Å². The van der Waals surface area contributed by atoms with Crippen molar-refractivity contribution >= 4 is 39.6 Å². The molecule has 0 radical (unpaired) electrons. The summed E-state index contributed by atoms with van der Waals surface area (Å²) in [6.45, 7) is 11.6. The maximum Gasteiger partial charge on any atom is 0.315 e. The fraction of sp³-hybridized carbons (Fsp3) is 0.848. The second kappa shape index (κ2) is 12.0. The van der Waals surface area contributed by atoms with Crippen molar-refractivity contribution in [3.63, 3.8) is 0 Å². The number of urea groups is 1. The van der Waals surface area contributed by atoms with Crippen LogP contribution >= 0.6 is 0 Å². The Bertz CT molecular complexity index is 1430. The fourth-order valence-corrected chi connectivity index (χ4v) is 9.02. The van der Waals surface area contributed by atoms with E-state index in [2.05, 4.69) is 16.0 Å². The minimum atomic E-state index is -3.50. The number of hydrogen-bond acceptors (Lipinski definition) is 7. The molecule has 4 aliphatic carbocycles. The van der Waals surface area contributed by atoms with Crippen molar-refractivity contribution in [3.8, 4) is 0 Å². The number of primary amides is 1. The van der Waals surface area contributed by atoms with Crippen molar-refractivity contribution in [3.05, 3.63) is 0 Å². The van der Waals surface area contributed by atoms with E-state index in [9.17, 15) is 32.4 Å². The zero-order chi connectivity index (χ0) is 35.0. The zero-order valence-electron chi connectivity index (χ0n) is 29.1. The van der Waals surface area contributed by atoms with Gasteiger partial charge in [0.05, 0.1) is 12.3 Å². The van der Waals surface area contributed by atoms with Gasteiger partial charge >= 0.3 is 6.03 Å². The Balaban J connectivity index is 1.36. The Labute approximate surface area is 278 Å². The molecule has 4 saturated carbocycles. The number of sulfonamides is 1. The number of nitrogens with two attached hydrogens (primary N) is 1. The lowest BCUT2D eigenvalue weighted by molar-refractivity contribution is -0.144. The van der Waals surface area contributed by atoms with Crippen LogP contribution in [0, 0.1) is 45.8 Å². The normalized spacial score (nSPS) is 31.4. The Hall–Kier alpha value is -2.74. The van der Waals surface area contributed by atoms with E-state index in [-0.39, 0.29) is 35.6 Å². The molecule has 1 spiro atoms. The van der Waals surface area contributed by atoms with Crippen molar-refractivity contribution in [2.24, 2.45) is 51.6 Å². The van der Waals surface area contributed by atoms with Crippen LogP contribution < -0.4 is 21.7 Å². The molecule has 14 heteroatoms. The molecule has 0 bridgehead atoms. The number of carbonyl (C=O) groups excluding carboxylic acids is 5. The number of carbonyl (C=O) groups is 5. The maximum atomic E-state index is 14.5. The molecular formula is C33H54N6O7S. The average Bonchev–Trinajstić information content (AvgIpc) is 3.71. The number of hydrogen-bond donors (Lipinski definition) is 4. The molecule has 0 aromatic rings. The van der Waals surface area contributed by atoms with Gasteiger partial charge in [0.1, 0.15) is 12.1 Å². The summed E-state index contributed by atoms with van der Waals surface area (Å²) in [5.74, 6) is -1.19. The summed E-state index contributed by atoms with van der Waals surface area (Å²) in [5, 5.41) is 8.62. The zero-order valence-corrected chi connectivity index (χ0v) is 29.9. The predicted molar refractivity (Wildman–Crippen MR) is 175 cm³/mol. The number of rotatable bonds is 12. The maximum absolute atomic E-state index is 14.5. The highest BCUT2D eigenvalue weighted by molar-refractivity contribution is 7.88. The van der Waals surface area contributed by atoms with Gasteiger partial charge in [0.15, 0.2) is 0 Å². The quantitative estimate of drug-likeness (QED) is 0.223. The van der Waals surface area contributed by atoms with Crippen LogP contribution in [-0.4, -0.2) is 97.7 Å². The van der Waals surface area contributed by atoms with Gasteiger partial charge in [-0.15, -0.1) is 0 Å². The largest absolute Gasteiger partial charge is 0.363 e. The molecule has 264 valence electrons. The van der Waals surface area contributed by atoms with E-state index in [0.717, 1.165) is 38.4 Å².